The van der Waals surface area contributed by atoms with Crippen LogP contribution in [0.3, 0.4) is 0 Å². The third-order valence-corrected chi connectivity index (χ3v) is 6.48. The first-order valence-electron chi connectivity index (χ1n) is 11.6. The van der Waals surface area contributed by atoms with E-state index in [9.17, 15) is 4.39 Å². The Kier molecular flexibility index (Phi) is 5.41. The Labute approximate surface area is 207 Å². The fourth-order valence-electron chi connectivity index (χ4n) is 4.42. The highest BCUT2D eigenvalue weighted by atomic mass is 19.1. The number of fused-ring (bicyclic) bond motifs is 1. The summed E-state index contributed by atoms with van der Waals surface area (Å²) in [5, 5.41) is 8.66. The van der Waals surface area contributed by atoms with Crippen LogP contribution in [0.15, 0.2) is 49.6 Å². The van der Waals surface area contributed by atoms with Crippen molar-refractivity contribution >= 4 is 17.3 Å². The molecule has 0 spiro atoms. The van der Waals surface area contributed by atoms with Gasteiger partial charge in [-0.25, -0.2) is 24.5 Å². The van der Waals surface area contributed by atoms with Gasteiger partial charge in [0, 0.05) is 75.1 Å². The van der Waals surface area contributed by atoms with Crippen molar-refractivity contribution in [2.75, 3.05) is 36.0 Å². The molecule has 5 aromatic rings. The smallest absolute Gasteiger partial charge is 0.225 e. The monoisotopic (exact) mass is 482 g/mol. The van der Waals surface area contributed by atoms with Crippen molar-refractivity contribution in [2.24, 2.45) is 7.05 Å². The van der Waals surface area contributed by atoms with Gasteiger partial charge < -0.3 is 9.80 Å². The molecule has 0 aliphatic carbocycles. The van der Waals surface area contributed by atoms with Crippen LogP contribution in [0.25, 0.3) is 16.6 Å². The number of anilines is 2. The summed E-state index contributed by atoms with van der Waals surface area (Å²) in [5.74, 6) is 0.962. The molecule has 0 saturated carbocycles. The minimum atomic E-state index is -0.523. The Bertz CT molecular complexity index is 1480. The van der Waals surface area contributed by atoms with Crippen molar-refractivity contribution in [1.82, 2.24) is 39.3 Å². The van der Waals surface area contributed by atoms with E-state index in [4.69, 9.17) is 0 Å². The van der Waals surface area contributed by atoms with E-state index in [-0.39, 0.29) is 5.92 Å². The summed E-state index contributed by atoms with van der Waals surface area (Å²) >= 11 is 0. The van der Waals surface area contributed by atoms with E-state index < -0.39 is 5.82 Å². The maximum Gasteiger partial charge on any atom is 0.225 e. The van der Waals surface area contributed by atoms with E-state index in [0.717, 1.165) is 60.4 Å². The maximum atomic E-state index is 13.1. The van der Waals surface area contributed by atoms with Gasteiger partial charge in [0.1, 0.15) is 11.8 Å². The summed E-state index contributed by atoms with van der Waals surface area (Å²) in [6.07, 6.45) is 12.2. The minimum Gasteiger partial charge on any atom is -0.351 e. The molecule has 0 bridgehead atoms. The van der Waals surface area contributed by atoms with Crippen LogP contribution in [0.5, 0.6) is 0 Å². The number of hydrogen-bond acceptors (Lipinski definition) is 8. The highest BCUT2D eigenvalue weighted by molar-refractivity contribution is 5.77. The largest absolute Gasteiger partial charge is 0.351 e. The molecule has 1 aliphatic heterocycles. The second kappa shape index (κ2) is 8.88. The zero-order valence-electron chi connectivity index (χ0n) is 19.9. The first-order chi connectivity index (χ1) is 17.5. The molecule has 180 valence electrons. The van der Waals surface area contributed by atoms with E-state index in [1.807, 2.05) is 37.1 Å². The number of aryl methyl sites for hydroxylation is 1. The van der Waals surface area contributed by atoms with Crippen LogP contribution in [0.1, 0.15) is 24.1 Å². The van der Waals surface area contributed by atoms with Gasteiger partial charge in [0.2, 0.25) is 5.95 Å². The van der Waals surface area contributed by atoms with Gasteiger partial charge in [-0.2, -0.15) is 14.6 Å². The lowest BCUT2D eigenvalue weighted by Crippen LogP contribution is -2.47. The number of aromatic nitrogens is 8. The van der Waals surface area contributed by atoms with Gasteiger partial charge in [0.25, 0.3) is 0 Å². The molecule has 1 atom stereocenters. The normalized spacial score (nSPS) is 14.8. The second-order valence-corrected chi connectivity index (χ2v) is 8.80. The molecular weight excluding hydrogens is 459 g/mol. The Balaban J connectivity index is 1.15. The van der Waals surface area contributed by atoms with Gasteiger partial charge in [0.05, 0.1) is 18.1 Å². The molecule has 5 aromatic heterocycles. The number of piperazine rings is 1. The molecule has 0 radical (unpaired) electrons. The van der Waals surface area contributed by atoms with Gasteiger partial charge in [0.15, 0.2) is 11.6 Å². The van der Waals surface area contributed by atoms with Gasteiger partial charge in [-0.15, -0.1) is 0 Å². The Hall–Kier alpha value is -4.59. The molecule has 36 heavy (non-hydrogen) atoms. The van der Waals surface area contributed by atoms with Crippen LogP contribution in [0.4, 0.5) is 16.2 Å². The SMILES string of the molecule is C[C@@H](c1cnc(N2CCN(c3ncnn4cc(-c5cnn(C)c5)cc34)CC2)nc1)c1c#cc(F)cn1. The van der Waals surface area contributed by atoms with Gasteiger partial charge in [-0.1, -0.05) is 6.92 Å². The van der Waals surface area contributed by atoms with Crippen molar-refractivity contribution in [3.05, 3.63) is 78.8 Å². The zero-order chi connectivity index (χ0) is 24.6. The van der Waals surface area contributed by atoms with Crippen molar-refractivity contribution in [3.8, 4) is 11.1 Å². The first kappa shape index (κ1) is 21.9. The highest BCUT2D eigenvalue weighted by Crippen LogP contribution is 2.27. The van der Waals surface area contributed by atoms with Crippen molar-refractivity contribution in [1.29, 1.82) is 0 Å². The van der Waals surface area contributed by atoms with Gasteiger partial charge in [-0.3, -0.25) is 4.68 Å². The topological polar surface area (TPSA) is 93.2 Å². The molecule has 11 heteroatoms. The third kappa shape index (κ3) is 4.07. The molecule has 0 unspecified atom stereocenters. The van der Waals surface area contributed by atoms with Crippen LogP contribution < -0.4 is 9.80 Å². The summed E-state index contributed by atoms with van der Waals surface area (Å²) in [6, 6.07) is 7.29. The molecule has 0 N–H and O–H groups in total. The molecule has 6 rings (SSSR count). The average Bonchev–Trinajstić information content (AvgIpc) is 3.55. The molecule has 6 heterocycles. The van der Waals surface area contributed by atoms with Crippen LogP contribution in [-0.2, 0) is 7.05 Å². The number of hydrogen-bond donors (Lipinski definition) is 0. The lowest BCUT2D eigenvalue weighted by atomic mass is 10.0. The van der Waals surface area contributed by atoms with E-state index >= 15 is 0 Å². The van der Waals surface area contributed by atoms with Crippen LogP contribution in [0, 0.1) is 17.9 Å². The molecule has 1 saturated heterocycles. The fourth-order valence-corrected chi connectivity index (χ4v) is 4.42. The zero-order valence-corrected chi connectivity index (χ0v) is 19.9. The predicted molar refractivity (Wildman–Crippen MR) is 131 cm³/mol. The van der Waals surface area contributed by atoms with E-state index in [1.165, 1.54) is 0 Å². The van der Waals surface area contributed by atoms with Gasteiger partial charge in [-0.05, 0) is 23.8 Å². The summed E-state index contributed by atoms with van der Waals surface area (Å²) in [7, 11) is 1.90. The van der Waals surface area contributed by atoms with E-state index in [2.05, 4.69) is 58.1 Å². The summed E-state index contributed by atoms with van der Waals surface area (Å²) in [4.78, 5) is 22.3. The molecular formula is C25H23FN10. The Morgan fingerprint density at radius 2 is 1.64 bits per heavy atom. The average molecular weight is 483 g/mol. The molecule has 10 nitrogen and oxygen atoms in total. The standard InChI is InChI=1S/C25H23FN10/c1-17(22-4-3-21(26)13-27-22)19-10-28-25(29-11-19)35-7-5-34(6-8-35)24-23-9-18(15-36(23)32-16-30-24)20-12-31-33(2)14-20/h9-17H,5-8H2,1-2H3/t17-/m0/s1. The van der Waals surface area contributed by atoms with E-state index in [1.54, 1.807) is 23.4 Å². The summed E-state index contributed by atoms with van der Waals surface area (Å²) in [6.45, 7) is 5.07. The lowest BCUT2D eigenvalue weighted by molar-refractivity contribution is 0.619. The fraction of sp³-hybridized carbons (Fsp3) is 0.280. The predicted octanol–water partition coefficient (Wildman–Crippen LogP) is 2.53. The maximum absolute atomic E-state index is 13.1. The quantitative estimate of drug-likeness (QED) is 0.377. The van der Waals surface area contributed by atoms with Crippen molar-refractivity contribution in [2.45, 2.75) is 12.8 Å². The minimum absolute atomic E-state index is 0.105. The molecule has 0 amide bonds. The molecule has 0 aromatic carbocycles. The number of rotatable bonds is 5. The highest BCUT2D eigenvalue weighted by Gasteiger charge is 2.23. The van der Waals surface area contributed by atoms with Crippen molar-refractivity contribution < 1.29 is 4.39 Å². The van der Waals surface area contributed by atoms with Crippen LogP contribution in [0.2, 0.25) is 0 Å². The van der Waals surface area contributed by atoms with Crippen molar-refractivity contribution in [3.63, 3.8) is 0 Å². The third-order valence-electron chi connectivity index (χ3n) is 6.48. The Morgan fingerprint density at radius 1 is 0.861 bits per heavy atom. The number of nitrogens with zero attached hydrogens (tertiary/aromatic N) is 10. The van der Waals surface area contributed by atoms with Crippen LogP contribution >= 0.6 is 0 Å². The van der Waals surface area contributed by atoms with E-state index in [0.29, 0.717) is 11.6 Å². The Morgan fingerprint density at radius 3 is 2.33 bits per heavy atom. The first-order valence-corrected chi connectivity index (χ1v) is 11.6. The second-order valence-electron chi connectivity index (χ2n) is 8.80. The van der Waals surface area contributed by atoms with Gasteiger partial charge >= 0.3 is 0 Å². The van der Waals surface area contributed by atoms with Crippen LogP contribution in [-0.4, -0.2) is 65.5 Å². The summed E-state index contributed by atoms with van der Waals surface area (Å²) < 4.78 is 16.8. The molecule has 1 aliphatic rings. The summed E-state index contributed by atoms with van der Waals surface area (Å²) in [5.41, 5.74) is 4.55. The lowest BCUT2D eigenvalue weighted by Gasteiger charge is -2.35. The number of halogens is 1. The molecule has 1 fully saturated rings.